The zero-order valence-electron chi connectivity index (χ0n) is 9.39. The van der Waals surface area contributed by atoms with E-state index < -0.39 is 10.0 Å². The lowest BCUT2D eigenvalue weighted by atomic mass is 10.5. The number of aromatic nitrogens is 3. The van der Waals surface area contributed by atoms with Gasteiger partial charge in [0.05, 0.1) is 11.9 Å². The maximum atomic E-state index is 11.9. The Morgan fingerprint density at radius 2 is 2.29 bits per heavy atom. The van der Waals surface area contributed by atoms with Crippen molar-refractivity contribution in [1.29, 1.82) is 0 Å². The molecule has 0 aliphatic heterocycles. The number of aromatic amines is 1. The van der Waals surface area contributed by atoms with Gasteiger partial charge in [-0.3, -0.25) is 0 Å². The van der Waals surface area contributed by atoms with Gasteiger partial charge in [0.15, 0.2) is 5.03 Å². The highest BCUT2D eigenvalue weighted by molar-refractivity contribution is 7.92. The van der Waals surface area contributed by atoms with Gasteiger partial charge in [0, 0.05) is 12.5 Å². The minimum atomic E-state index is -3.69. The van der Waals surface area contributed by atoms with E-state index in [1.54, 1.807) is 6.92 Å². The van der Waals surface area contributed by atoms with Crippen LogP contribution >= 0.6 is 0 Å². The summed E-state index contributed by atoms with van der Waals surface area (Å²) in [5, 5.41) is 3.59. The molecule has 92 valence electrons. The van der Waals surface area contributed by atoms with Crippen LogP contribution in [0, 0.1) is 6.92 Å². The van der Waals surface area contributed by atoms with Gasteiger partial charge in [0.25, 0.3) is 10.0 Å². The average Bonchev–Trinajstić information content (AvgIpc) is 2.86. The first-order valence-corrected chi connectivity index (χ1v) is 6.49. The van der Waals surface area contributed by atoms with Crippen LogP contribution in [-0.4, -0.2) is 23.5 Å². The first-order valence-electron chi connectivity index (χ1n) is 5.01. The van der Waals surface area contributed by atoms with Gasteiger partial charge < -0.3 is 9.51 Å². The molecule has 2 N–H and O–H groups in total. The number of sulfonamides is 1. The number of hydrogen-bond acceptors (Lipinski definition) is 5. The predicted octanol–water partition coefficient (Wildman–Crippen LogP) is 1.07. The van der Waals surface area contributed by atoms with Crippen molar-refractivity contribution in [2.75, 3.05) is 4.72 Å². The number of hydrogen-bond donors (Lipinski definition) is 2. The van der Waals surface area contributed by atoms with Crippen LogP contribution in [0.3, 0.4) is 0 Å². The van der Waals surface area contributed by atoms with Crippen LogP contribution in [0.25, 0.3) is 0 Å². The Morgan fingerprint density at radius 3 is 2.82 bits per heavy atom. The highest BCUT2D eigenvalue weighted by atomic mass is 32.2. The van der Waals surface area contributed by atoms with Crippen LogP contribution in [0.4, 0.5) is 5.88 Å². The number of nitrogens with one attached hydrogen (secondary N) is 2. The number of nitrogens with zero attached hydrogens (tertiary/aromatic N) is 2. The number of imidazole rings is 1. The molecule has 2 aromatic heterocycles. The molecular formula is C9H12N4O3S. The van der Waals surface area contributed by atoms with Crippen molar-refractivity contribution < 1.29 is 12.9 Å². The number of rotatable bonds is 4. The third-order valence-corrected chi connectivity index (χ3v) is 3.35. The topological polar surface area (TPSA) is 101 Å². The van der Waals surface area contributed by atoms with Crippen molar-refractivity contribution >= 4 is 15.9 Å². The van der Waals surface area contributed by atoms with Crippen LogP contribution in [0.5, 0.6) is 0 Å². The molecule has 0 saturated heterocycles. The van der Waals surface area contributed by atoms with E-state index in [0.29, 0.717) is 17.9 Å². The monoisotopic (exact) mass is 256 g/mol. The second-order valence-electron chi connectivity index (χ2n) is 3.49. The molecule has 8 heteroatoms. The SMILES string of the molecule is CCc1ncc(S(=O)(=O)Nc2cc(C)no2)[nH]1. The smallest absolute Gasteiger partial charge is 0.281 e. The molecule has 0 saturated carbocycles. The number of aryl methyl sites for hydroxylation is 2. The van der Waals surface area contributed by atoms with Crippen molar-refractivity contribution in [3.63, 3.8) is 0 Å². The van der Waals surface area contributed by atoms with Crippen LogP contribution < -0.4 is 4.72 Å². The van der Waals surface area contributed by atoms with E-state index in [-0.39, 0.29) is 10.9 Å². The maximum Gasteiger partial charge on any atom is 0.281 e. The molecule has 0 amide bonds. The Bertz CT molecular complexity index is 614. The van der Waals surface area contributed by atoms with E-state index >= 15 is 0 Å². The van der Waals surface area contributed by atoms with Crippen molar-refractivity contribution in [1.82, 2.24) is 15.1 Å². The highest BCUT2D eigenvalue weighted by Gasteiger charge is 2.18. The summed E-state index contributed by atoms with van der Waals surface area (Å²) in [6.45, 7) is 3.58. The molecule has 2 rings (SSSR count). The lowest BCUT2D eigenvalue weighted by Gasteiger charge is -2.00. The van der Waals surface area contributed by atoms with Crippen LogP contribution in [0.15, 0.2) is 21.8 Å². The molecule has 0 aromatic carbocycles. The third-order valence-electron chi connectivity index (χ3n) is 2.09. The Hall–Kier alpha value is -1.83. The molecule has 0 radical (unpaired) electrons. The van der Waals surface area contributed by atoms with E-state index in [0.717, 1.165) is 0 Å². The standard InChI is InChI=1S/C9H12N4O3S/c1-3-7-10-5-9(11-7)17(14,15)13-8-4-6(2)12-16-8/h4-5,13H,3H2,1-2H3,(H,10,11). The fourth-order valence-corrected chi connectivity index (χ4v) is 2.17. The van der Waals surface area contributed by atoms with Crippen molar-refractivity contribution in [2.24, 2.45) is 0 Å². The van der Waals surface area contributed by atoms with E-state index in [2.05, 4.69) is 19.8 Å². The summed E-state index contributed by atoms with van der Waals surface area (Å²) in [4.78, 5) is 6.63. The Balaban J connectivity index is 2.24. The Labute approximate surface area is 98.3 Å². The zero-order chi connectivity index (χ0) is 12.5. The number of anilines is 1. The summed E-state index contributed by atoms with van der Waals surface area (Å²) in [6.07, 6.45) is 1.90. The molecule has 0 unspecified atom stereocenters. The molecule has 0 bridgehead atoms. The van der Waals surface area contributed by atoms with Gasteiger partial charge in [-0.25, -0.2) is 9.71 Å². The second kappa shape index (κ2) is 4.21. The fraction of sp³-hybridized carbons (Fsp3) is 0.333. The van der Waals surface area contributed by atoms with Gasteiger partial charge in [0.2, 0.25) is 5.88 Å². The normalized spacial score (nSPS) is 11.6. The van der Waals surface area contributed by atoms with E-state index in [9.17, 15) is 8.42 Å². The molecule has 2 aromatic rings. The highest BCUT2D eigenvalue weighted by Crippen LogP contribution is 2.15. The summed E-state index contributed by atoms with van der Waals surface area (Å²) >= 11 is 0. The van der Waals surface area contributed by atoms with Gasteiger partial charge in [-0.2, -0.15) is 8.42 Å². The van der Waals surface area contributed by atoms with E-state index in [1.807, 2.05) is 6.92 Å². The summed E-state index contributed by atoms with van der Waals surface area (Å²) in [7, 11) is -3.69. The molecule has 17 heavy (non-hydrogen) atoms. The van der Waals surface area contributed by atoms with Crippen LogP contribution in [-0.2, 0) is 16.4 Å². The molecule has 0 aliphatic rings. The minimum absolute atomic E-state index is 0.00315. The molecule has 2 heterocycles. The molecule has 0 fully saturated rings. The van der Waals surface area contributed by atoms with Crippen molar-refractivity contribution in [3.8, 4) is 0 Å². The van der Waals surface area contributed by atoms with Gasteiger partial charge in [-0.05, 0) is 6.92 Å². The Morgan fingerprint density at radius 1 is 1.53 bits per heavy atom. The Kier molecular flexibility index (Phi) is 2.88. The third kappa shape index (κ3) is 2.47. The minimum Gasteiger partial charge on any atom is -0.338 e. The average molecular weight is 256 g/mol. The molecular weight excluding hydrogens is 244 g/mol. The van der Waals surface area contributed by atoms with Crippen LogP contribution in [0.2, 0.25) is 0 Å². The van der Waals surface area contributed by atoms with Gasteiger partial charge in [-0.15, -0.1) is 0 Å². The molecule has 0 atom stereocenters. The zero-order valence-corrected chi connectivity index (χ0v) is 10.2. The summed E-state index contributed by atoms with van der Waals surface area (Å²) in [6, 6.07) is 1.49. The summed E-state index contributed by atoms with van der Waals surface area (Å²) < 4.78 is 30.8. The summed E-state index contributed by atoms with van der Waals surface area (Å²) in [5.41, 5.74) is 0.599. The number of H-pyrrole nitrogens is 1. The first kappa shape index (κ1) is 11.6. The second-order valence-corrected chi connectivity index (χ2v) is 5.14. The van der Waals surface area contributed by atoms with Crippen molar-refractivity contribution in [2.45, 2.75) is 25.3 Å². The molecule has 7 nitrogen and oxygen atoms in total. The van der Waals surface area contributed by atoms with Crippen LogP contribution in [0.1, 0.15) is 18.4 Å². The molecule has 0 aliphatic carbocycles. The fourth-order valence-electron chi connectivity index (χ4n) is 1.26. The van der Waals surface area contributed by atoms with Gasteiger partial charge >= 0.3 is 0 Å². The lowest BCUT2D eigenvalue weighted by molar-refractivity contribution is 0.430. The van der Waals surface area contributed by atoms with Gasteiger partial charge in [-0.1, -0.05) is 12.1 Å². The largest absolute Gasteiger partial charge is 0.338 e. The lowest BCUT2D eigenvalue weighted by Crippen LogP contribution is -2.12. The van der Waals surface area contributed by atoms with E-state index in [4.69, 9.17) is 4.52 Å². The summed E-state index contributed by atoms with van der Waals surface area (Å²) in [5.74, 6) is 0.689. The van der Waals surface area contributed by atoms with Gasteiger partial charge in [0.1, 0.15) is 5.82 Å². The molecule has 0 spiro atoms. The van der Waals surface area contributed by atoms with Crippen molar-refractivity contribution in [3.05, 3.63) is 23.8 Å². The van der Waals surface area contributed by atoms with E-state index in [1.165, 1.54) is 12.3 Å². The maximum absolute atomic E-state index is 11.9. The quantitative estimate of drug-likeness (QED) is 0.852. The predicted molar refractivity (Wildman–Crippen MR) is 60.0 cm³/mol. The first-order chi connectivity index (χ1) is 8.01.